The Bertz CT molecular complexity index is 1030. The molecule has 0 fully saturated rings. The van der Waals surface area contributed by atoms with Gasteiger partial charge in [0.05, 0.1) is 13.2 Å². The molecule has 3 heteroatoms. The third-order valence-electron chi connectivity index (χ3n) is 6.06. The Hall–Kier alpha value is -3.20. The maximum atomic E-state index is 6.08. The number of rotatable bonds is 5. The van der Waals surface area contributed by atoms with Gasteiger partial charge in [-0.2, -0.15) is 0 Å². The van der Waals surface area contributed by atoms with Crippen LogP contribution in [0.2, 0.25) is 0 Å². The number of hydrogen-bond acceptors (Lipinski definition) is 3. The fraction of sp³-hybridized carbons (Fsp3) is 0.231. The van der Waals surface area contributed by atoms with Gasteiger partial charge in [-0.3, -0.25) is 0 Å². The minimum absolute atomic E-state index is 0.231. The number of fused-ring (bicyclic) bond motifs is 3. The highest BCUT2D eigenvalue weighted by Crippen LogP contribution is 2.51. The van der Waals surface area contributed by atoms with Crippen molar-refractivity contribution < 1.29 is 9.47 Å². The number of nitrogens with one attached hydrogen (secondary N) is 1. The van der Waals surface area contributed by atoms with E-state index < -0.39 is 0 Å². The molecule has 5 rings (SSSR count). The van der Waals surface area contributed by atoms with E-state index in [9.17, 15) is 0 Å². The van der Waals surface area contributed by atoms with Gasteiger partial charge < -0.3 is 14.8 Å². The molecule has 1 heterocycles. The maximum absolute atomic E-state index is 6.08. The molecular weight excluding hydrogens is 358 g/mol. The van der Waals surface area contributed by atoms with Crippen LogP contribution in [-0.4, -0.2) is 7.11 Å². The molecule has 1 aliphatic heterocycles. The minimum Gasteiger partial charge on any atom is -0.496 e. The molecule has 0 saturated heterocycles. The van der Waals surface area contributed by atoms with Gasteiger partial charge in [-0.05, 0) is 47.7 Å². The van der Waals surface area contributed by atoms with Crippen LogP contribution in [0.4, 0.5) is 5.69 Å². The smallest absolute Gasteiger partial charge is 0.124 e. The van der Waals surface area contributed by atoms with Crippen molar-refractivity contribution in [2.75, 3.05) is 12.4 Å². The predicted molar refractivity (Wildman–Crippen MR) is 117 cm³/mol. The molecule has 0 saturated carbocycles. The van der Waals surface area contributed by atoms with E-state index in [2.05, 4.69) is 59.9 Å². The van der Waals surface area contributed by atoms with E-state index in [1.807, 2.05) is 30.3 Å². The summed E-state index contributed by atoms with van der Waals surface area (Å²) in [7, 11) is 1.75. The van der Waals surface area contributed by atoms with Gasteiger partial charge in [0.1, 0.15) is 18.1 Å². The highest BCUT2D eigenvalue weighted by molar-refractivity contribution is 5.62. The van der Waals surface area contributed by atoms with Crippen LogP contribution >= 0.6 is 0 Å². The van der Waals surface area contributed by atoms with Crippen molar-refractivity contribution in [3.63, 3.8) is 0 Å². The Labute approximate surface area is 172 Å². The van der Waals surface area contributed by atoms with Crippen molar-refractivity contribution in [2.45, 2.75) is 25.0 Å². The van der Waals surface area contributed by atoms with Crippen LogP contribution in [0, 0.1) is 5.92 Å². The second-order valence-corrected chi connectivity index (χ2v) is 7.74. The standard InChI is InChI=1S/C26H25NO2/c1-28-25-13-6-5-10-22(25)26-21-12-7-11-20(21)23-16-19(14-15-24(23)27-26)29-17-18-8-3-2-4-9-18/h2-11,13-16,20-21,26-27H,12,17H2,1H3. The van der Waals surface area contributed by atoms with Gasteiger partial charge in [-0.1, -0.05) is 60.7 Å². The lowest BCUT2D eigenvalue weighted by Gasteiger charge is -2.38. The van der Waals surface area contributed by atoms with Gasteiger partial charge in [0.25, 0.3) is 0 Å². The summed E-state index contributed by atoms with van der Waals surface area (Å²) in [5.41, 5.74) is 4.91. The number of ether oxygens (including phenoxy) is 2. The fourth-order valence-corrected chi connectivity index (χ4v) is 4.63. The van der Waals surface area contributed by atoms with Crippen LogP contribution in [0.25, 0.3) is 0 Å². The lowest BCUT2D eigenvalue weighted by Crippen LogP contribution is -2.29. The summed E-state index contributed by atoms with van der Waals surface area (Å²) in [6.45, 7) is 0.584. The summed E-state index contributed by atoms with van der Waals surface area (Å²) in [6, 6.07) is 25.3. The van der Waals surface area contributed by atoms with Crippen LogP contribution in [0.1, 0.15) is 35.1 Å². The van der Waals surface area contributed by atoms with E-state index in [0.29, 0.717) is 18.4 Å². The molecule has 1 aliphatic carbocycles. The molecule has 3 aromatic rings. The van der Waals surface area contributed by atoms with Gasteiger partial charge in [0.15, 0.2) is 0 Å². The van der Waals surface area contributed by atoms with Crippen molar-refractivity contribution in [3.8, 4) is 11.5 Å². The number of benzene rings is 3. The number of para-hydroxylation sites is 1. The van der Waals surface area contributed by atoms with Crippen LogP contribution in [-0.2, 0) is 6.61 Å². The second-order valence-electron chi connectivity index (χ2n) is 7.74. The Balaban J connectivity index is 1.43. The summed E-state index contributed by atoms with van der Waals surface area (Å²) in [5.74, 6) is 2.73. The van der Waals surface area contributed by atoms with E-state index in [1.54, 1.807) is 7.11 Å². The first-order chi connectivity index (χ1) is 14.3. The lowest BCUT2D eigenvalue weighted by molar-refractivity contribution is 0.305. The molecule has 1 N–H and O–H groups in total. The first-order valence-corrected chi connectivity index (χ1v) is 10.2. The van der Waals surface area contributed by atoms with Gasteiger partial charge >= 0.3 is 0 Å². The van der Waals surface area contributed by atoms with E-state index in [1.165, 1.54) is 22.4 Å². The molecular formula is C26H25NO2. The molecule has 0 amide bonds. The summed E-state index contributed by atoms with van der Waals surface area (Å²) in [4.78, 5) is 0. The zero-order valence-corrected chi connectivity index (χ0v) is 16.5. The highest BCUT2D eigenvalue weighted by atomic mass is 16.5. The molecule has 0 aromatic heterocycles. The first-order valence-electron chi connectivity index (χ1n) is 10.2. The molecule has 3 atom stereocenters. The van der Waals surface area contributed by atoms with Crippen molar-refractivity contribution in [1.82, 2.24) is 0 Å². The summed E-state index contributed by atoms with van der Waals surface area (Å²) < 4.78 is 11.7. The molecule has 3 nitrogen and oxygen atoms in total. The third-order valence-corrected chi connectivity index (χ3v) is 6.06. The lowest BCUT2D eigenvalue weighted by atomic mass is 9.77. The molecule has 3 unspecified atom stereocenters. The van der Waals surface area contributed by atoms with Gasteiger partial charge in [0.2, 0.25) is 0 Å². The number of allylic oxidation sites excluding steroid dienone is 2. The van der Waals surface area contributed by atoms with E-state index >= 15 is 0 Å². The quantitative estimate of drug-likeness (QED) is 0.540. The second kappa shape index (κ2) is 7.67. The Morgan fingerprint density at radius 3 is 2.62 bits per heavy atom. The SMILES string of the molecule is COc1ccccc1C1Nc2ccc(OCc3ccccc3)cc2C2C=CCC21. The first kappa shape index (κ1) is 17.9. The molecule has 146 valence electrons. The van der Waals surface area contributed by atoms with Crippen LogP contribution in [0.15, 0.2) is 84.9 Å². The number of methoxy groups -OCH3 is 1. The van der Waals surface area contributed by atoms with Crippen LogP contribution in [0.3, 0.4) is 0 Å². The minimum atomic E-state index is 0.231. The van der Waals surface area contributed by atoms with Crippen LogP contribution < -0.4 is 14.8 Å². The normalized spacial score (nSPS) is 21.8. The maximum Gasteiger partial charge on any atom is 0.124 e. The zero-order valence-electron chi connectivity index (χ0n) is 16.5. The highest BCUT2D eigenvalue weighted by Gasteiger charge is 2.39. The topological polar surface area (TPSA) is 30.5 Å². The Morgan fingerprint density at radius 2 is 1.76 bits per heavy atom. The van der Waals surface area contributed by atoms with Crippen molar-refractivity contribution in [2.24, 2.45) is 5.92 Å². The number of hydrogen-bond donors (Lipinski definition) is 1. The van der Waals surface area contributed by atoms with Crippen molar-refractivity contribution >= 4 is 5.69 Å². The molecule has 0 bridgehead atoms. The Morgan fingerprint density at radius 1 is 0.931 bits per heavy atom. The van der Waals surface area contributed by atoms with E-state index in [-0.39, 0.29) is 6.04 Å². The molecule has 0 spiro atoms. The van der Waals surface area contributed by atoms with Crippen LogP contribution in [0.5, 0.6) is 11.5 Å². The average Bonchev–Trinajstić information content (AvgIpc) is 3.28. The van der Waals surface area contributed by atoms with Gasteiger partial charge in [0, 0.05) is 17.2 Å². The monoisotopic (exact) mass is 383 g/mol. The van der Waals surface area contributed by atoms with Crippen molar-refractivity contribution in [1.29, 1.82) is 0 Å². The van der Waals surface area contributed by atoms with Gasteiger partial charge in [-0.15, -0.1) is 0 Å². The van der Waals surface area contributed by atoms with E-state index in [4.69, 9.17) is 9.47 Å². The largest absolute Gasteiger partial charge is 0.496 e. The molecule has 0 radical (unpaired) electrons. The average molecular weight is 383 g/mol. The third kappa shape index (κ3) is 3.38. The number of anilines is 1. The van der Waals surface area contributed by atoms with Gasteiger partial charge in [-0.25, -0.2) is 0 Å². The fourth-order valence-electron chi connectivity index (χ4n) is 4.63. The molecule has 2 aliphatic rings. The molecule has 3 aromatic carbocycles. The zero-order chi connectivity index (χ0) is 19.6. The van der Waals surface area contributed by atoms with Crippen molar-refractivity contribution in [3.05, 3.63) is 102 Å². The summed E-state index contributed by atoms with van der Waals surface area (Å²) >= 11 is 0. The predicted octanol–water partition coefficient (Wildman–Crippen LogP) is 6.10. The Kier molecular flexibility index (Phi) is 4.73. The summed E-state index contributed by atoms with van der Waals surface area (Å²) in [5, 5.41) is 3.78. The summed E-state index contributed by atoms with van der Waals surface area (Å²) in [6.07, 6.45) is 5.73. The van der Waals surface area contributed by atoms with E-state index in [0.717, 1.165) is 17.9 Å². The molecule has 29 heavy (non-hydrogen) atoms.